The Morgan fingerprint density at radius 1 is 1.28 bits per heavy atom. The van der Waals surface area contributed by atoms with E-state index in [-0.39, 0.29) is 17.3 Å². The summed E-state index contributed by atoms with van der Waals surface area (Å²) in [4.78, 5) is 32.2. The van der Waals surface area contributed by atoms with Gasteiger partial charge in [0, 0.05) is 38.9 Å². The number of nitro benzene ring substituents is 1. The molecule has 1 atom stereocenters. The molecule has 9 heteroatoms. The second-order valence-electron chi connectivity index (χ2n) is 6.94. The highest BCUT2D eigenvalue weighted by atomic mass is 16.6. The summed E-state index contributed by atoms with van der Waals surface area (Å²) in [5.41, 5.74) is 1.00. The van der Waals surface area contributed by atoms with E-state index < -0.39 is 11.0 Å². The van der Waals surface area contributed by atoms with Gasteiger partial charge in [-0.1, -0.05) is 6.07 Å². The molecule has 154 valence electrons. The molecule has 2 heterocycles. The maximum atomic E-state index is 12.7. The lowest BCUT2D eigenvalue weighted by atomic mass is 10.2. The van der Waals surface area contributed by atoms with E-state index in [9.17, 15) is 14.9 Å². The fourth-order valence-corrected chi connectivity index (χ4v) is 3.33. The summed E-state index contributed by atoms with van der Waals surface area (Å²) in [6.45, 7) is 5.75. The normalized spacial score (nSPS) is 16.2. The van der Waals surface area contributed by atoms with Crippen LogP contribution in [-0.4, -0.2) is 64.9 Å². The number of carbonyl (C=O) groups excluding carboxylic acids is 1. The van der Waals surface area contributed by atoms with E-state index in [4.69, 9.17) is 4.74 Å². The number of pyridine rings is 1. The summed E-state index contributed by atoms with van der Waals surface area (Å²) < 4.78 is 5.03. The SMILES string of the molecule is COc1ccc(NC(=O)C(C)N2CCN(Cc3ccccn3)CC2)c([N+](=O)[O-])c1. The highest BCUT2D eigenvalue weighted by Gasteiger charge is 2.27. The van der Waals surface area contributed by atoms with Crippen LogP contribution >= 0.6 is 0 Å². The van der Waals surface area contributed by atoms with Crippen LogP contribution < -0.4 is 10.1 Å². The third kappa shape index (κ3) is 5.27. The van der Waals surface area contributed by atoms with Gasteiger partial charge in [0.25, 0.3) is 5.69 Å². The molecule has 1 aromatic heterocycles. The summed E-state index contributed by atoms with van der Waals surface area (Å²) in [6.07, 6.45) is 1.79. The monoisotopic (exact) mass is 399 g/mol. The van der Waals surface area contributed by atoms with Crippen molar-refractivity contribution in [3.05, 3.63) is 58.4 Å². The second-order valence-corrected chi connectivity index (χ2v) is 6.94. The number of amides is 1. The average molecular weight is 399 g/mol. The summed E-state index contributed by atoms with van der Waals surface area (Å²) in [6, 6.07) is 9.86. The van der Waals surface area contributed by atoms with Crippen LogP contribution in [0.3, 0.4) is 0 Å². The number of hydrogen-bond donors (Lipinski definition) is 1. The molecule has 0 radical (unpaired) electrons. The lowest BCUT2D eigenvalue weighted by Gasteiger charge is -2.37. The van der Waals surface area contributed by atoms with Crippen LogP contribution in [0.2, 0.25) is 0 Å². The van der Waals surface area contributed by atoms with E-state index in [1.54, 1.807) is 12.3 Å². The van der Waals surface area contributed by atoms with Gasteiger partial charge in [0.15, 0.2) is 0 Å². The first kappa shape index (κ1) is 20.7. The molecular formula is C20H25N5O4. The standard InChI is InChI=1S/C20H25N5O4/c1-15(20(26)22-18-7-6-17(29-2)13-19(18)25(27)28)24-11-9-23(10-12-24)14-16-5-3-4-8-21-16/h3-8,13,15H,9-12,14H2,1-2H3,(H,22,26). The Labute approximate surface area is 169 Å². The molecule has 0 aliphatic carbocycles. The third-order valence-electron chi connectivity index (χ3n) is 5.11. The fourth-order valence-electron chi connectivity index (χ4n) is 3.33. The van der Waals surface area contributed by atoms with Gasteiger partial charge in [-0.3, -0.25) is 29.7 Å². The van der Waals surface area contributed by atoms with Crippen molar-refractivity contribution in [2.75, 3.05) is 38.6 Å². The first-order valence-electron chi connectivity index (χ1n) is 9.47. The highest BCUT2D eigenvalue weighted by molar-refractivity contribution is 5.96. The van der Waals surface area contributed by atoms with Gasteiger partial charge in [-0.05, 0) is 31.2 Å². The van der Waals surface area contributed by atoms with E-state index in [2.05, 4.69) is 20.1 Å². The highest BCUT2D eigenvalue weighted by Crippen LogP contribution is 2.29. The van der Waals surface area contributed by atoms with Crippen LogP contribution in [0.1, 0.15) is 12.6 Å². The van der Waals surface area contributed by atoms with E-state index in [0.29, 0.717) is 5.75 Å². The van der Waals surface area contributed by atoms with Gasteiger partial charge in [0.2, 0.25) is 5.91 Å². The molecule has 9 nitrogen and oxygen atoms in total. The summed E-state index contributed by atoms with van der Waals surface area (Å²) in [7, 11) is 1.44. The second kappa shape index (κ2) is 9.44. The van der Waals surface area contributed by atoms with E-state index in [1.807, 2.05) is 25.1 Å². The Hall–Kier alpha value is -3.04. The molecule has 1 N–H and O–H groups in total. The minimum absolute atomic E-state index is 0.168. The molecule has 0 saturated carbocycles. The predicted molar refractivity (Wildman–Crippen MR) is 109 cm³/mol. The number of methoxy groups -OCH3 is 1. The molecule has 0 bridgehead atoms. The Morgan fingerprint density at radius 2 is 2.03 bits per heavy atom. The first-order chi connectivity index (χ1) is 14.0. The van der Waals surface area contributed by atoms with Crippen LogP contribution in [0.4, 0.5) is 11.4 Å². The van der Waals surface area contributed by atoms with E-state index in [0.717, 1.165) is 38.4 Å². The minimum Gasteiger partial charge on any atom is -0.496 e. The Bertz CT molecular complexity index is 853. The van der Waals surface area contributed by atoms with Gasteiger partial charge >= 0.3 is 0 Å². The van der Waals surface area contributed by atoms with Crippen molar-refractivity contribution in [3.63, 3.8) is 0 Å². The first-order valence-corrected chi connectivity index (χ1v) is 9.47. The number of rotatable bonds is 7. The van der Waals surface area contributed by atoms with E-state index >= 15 is 0 Å². The topological polar surface area (TPSA) is 101 Å². The number of hydrogen-bond acceptors (Lipinski definition) is 7. The smallest absolute Gasteiger partial charge is 0.296 e. The summed E-state index contributed by atoms with van der Waals surface area (Å²) >= 11 is 0. The molecular weight excluding hydrogens is 374 g/mol. The number of aromatic nitrogens is 1. The molecule has 1 aliphatic heterocycles. The number of piperazine rings is 1. The molecule has 1 fully saturated rings. The number of carbonyl (C=O) groups is 1. The lowest BCUT2D eigenvalue weighted by molar-refractivity contribution is -0.384. The van der Waals surface area contributed by atoms with Gasteiger partial charge in [0.05, 0.1) is 29.8 Å². The fraction of sp³-hybridized carbons (Fsp3) is 0.400. The molecule has 3 rings (SSSR count). The van der Waals surface area contributed by atoms with Crippen molar-refractivity contribution in [3.8, 4) is 5.75 Å². The maximum absolute atomic E-state index is 12.7. The summed E-state index contributed by atoms with van der Waals surface area (Å²) in [5, 5.41) is 14.0. The summed E-state index contributed by atoms with van der Waals surface area (Å²) in [5.74, 6) is 0.100. The zero-order chi connectivity index (χ0) is 20.8. The molecule has 29 heavy (non-hydrogen) atoms. The van der Waals surface area contributed by atoms with Gasteiger partial charge in [-0.25, -0.2) is 0 Å². The van der Waals surface area contributed by atoms with Gasteiger partial charge in [0.1, 0.15) is 11.4 Å². The van der Waals surface area contributed by atoms with Crippen LogP contribution in [0.25, 0.3) is 0 Å². The van der Waals surface area contributed by atoms with Crippen LogP contribution in [0, 0.1) is 10.1 Å². The number of nitrogens with one attached hydrogen (secondary N) is 1. The lowest BCUT2D eigenvalue weighted by Crippen LogP contribution is -2.52. The molecule has 0 spiro atoms. The Morgan fingerprint density at radius 3 is 2.66 bits per heavy atom. The maximum Gasteiger partial charge on any atom is 0.296 e. The van der Waals surface area contributed by atoms with Gasteiger partial charge in [-0.15, -0.1) is 0 Å². The van der Waals surface area contributed by atoms with Crippen molar-refractivity contribution in [2.45, 2.75) is 19.5 Å². The number of nitrogens with zero attached hydrogens (tertiary/aromatic N) is 4. The van der Waals surface area contributed by atoms with Crippen LogP contribution in [0.5, 0.6) is 5.75 Å². The average Bonchev–Trinajstić information content (AvgIpc) is 2.74. The quantitative estimate of drug-likeness (QED) is 0.562. The Balaban J connectivity index is 1.57. The molecule has 2 aromatic rings. The van der Waals surface area contributed by atoms with Crippen molar-refractivity contribution >= 4 is 17.3 Å². The number of ether oxygens (including phenoxy) is 1. The Kier molecular flexibility index (Phi) is 6.73. The largest absolute Gasteiger partial charge is 0.496 e. The molecule has 1 aromatic carbocycles. The molecule has 1 unspecified atom stereocenters. The minimum atomic E-state index is -0.529. The van der Waals surface area contributed by atoms with Crippen LogP contribution in [-0.2, 0) is 11.3 Å². The number of anilines is 1. The van der Waals surface area contributed by atoms with Crippen molar-refractivity contribution in [1.82, 2.24) is 14.8 Å². The van der Waals surface area contributed by atoms with Gasteiger partial charge in [-0.2, -0.15) is 0 Å². The molecule has 1 aliphatic rings. The zero-order valence-corrected chi connectivity index (χ0v) is 16.6. The van der Waals surface area contributed by atoms with E-state index in [1.165, 1.54) is 19.2 Å². The third-order valence-corrected chi connectivity index (χ3v) is 5.11. The van der Waals surface area contributed by atoms with Crippen molar-refractivity contribution in [2.24, 2.45) is 0 Å². The number of benzene rings is 1. The number of nitro groups is 1. The van der Waals surface area contributed by atoms with Gasteiger partial charge < -0.3 is 10.1 Å². The van der Waals surface area contributed by atoms with Crippen molar-refractivity contribution < 1.29 is 14.5 Å². The molecule has 1 saturated heterocycles. The predicted octanol–water partition coefficient (Wildman–Crippen LogP) is 2.14. The van der Waals surface area contributed by atoms with Crippen molar-refractivity contribution in [1.29, 1.82) is 0 Å². The van der Waals surface area contributed by atoms with Crippen LogP contribution in [0.15, 0.2) is 42.6 Å². The molecule has 1 amide bonds. The zero-order valence-electron chi connectivity index (χ0n) is 16.6.